The molecule has 2 rings (SSSR count). The average molecular weight is 262 g/mol. The first-order valence-corrected chi connectivity index (χ1v) is 6.77. The summed E-state index contributed by atoms with van der Waals surface area (Å²) < 4.78 is 5.25. The third-order valence-corrected chi connectivity index (χ3v) is 3.72. The van der Waals surface area contributed by atoms with Gasteiger partial charge < -0.3 is 15.0 Å². The molecule has 1 amide bonds. The minimum Gasteiger partial charge on any atom is -0.496 e. The maximum Gasteiger partial charge on any atom is 0.229 e. The zero-order chi connectivity index (χ0) is 13.8. The Bertz CT molecular complexity index is 453. The van der Waals surface area contributed by atoms with E-state index in [-0.39, 0.29) is 11.8 Å². The highest BCUT2D eigenvalue weighted by atomic mass is 16.5. The second-order valence-corrected chi connectivity index (χ2v) is 5.03. The van der Waals surface area contributed by atoms with E-state index >= 15 is 0 Å². The fourth-order valence-corrected chi connectivity index (χ4v) is 2.47. The van der Waals surface area contributed by atoms with Gasteiger partial charge in [0.2, 0.25) is 5.91 Å². The molecule has 1 atom stereocenters. The summed E-state index contributed by atoms with van der Waals surface area (Å²) >= 11 is 0. The summed E-state index contributed by atoms with van der Waals surface area (Å²) in [4.78, 5) is 14.4. The Hall–Kier alpha value is -1.55. The van der Waals surface area contributed by atoms with Crippen LogP contribution in [0.15, 0.2) is 18.2 Å². The van der Waals surface area contributed by atoms with Crippen molar-refractivity contribution in [1.82, 2.24) is 10.2 Å². The molecule has 0 radical (unpaired) electrons. The zero-order valence-corrected chi connectivity index (χ0v) is 11.9. The standard InChI is InChI=1S/C15H22N2O2/c1-11-10-13(4-5-14(11)19-3)12(2)15(18)17-8-6-16-7-9-17/h4-5,10,12,16H,6-9H2,1-3H3. The number of aryl methyl sites for hydroxylation is 1. The van der Waals surface area contributed by atoms with E-state index in [0.717, 1.165) is 43.1 Å². The third kappa shape index (κ3) is 3.07. The number of amides is 1. The fourth-order valence-electron chi connectivity index (χ4n) is 2.47. The van der Waals surface area contributed by atoms with E-state index in [9.17, 15) is 4.79 Å². The number of ether oxygens (including phenoxy) is 1. The van der Waals surface area contributed by atoms with Gasteiger partial charge in [0.15, 0.2) is 0 Å². The molecule has 1 N–H and O–H groups in total. The molecule has 104 valence electrons. The van der Waals surface area contributed by atoms with E-state index in [4.69, 9.17) is 4.74 Å². The van der Waals surface area contributed by atoms with E-state index in [0.29, 0.717) is 0 Å². The van der Waals surface area contributed by atoms with Crippen LogP contribution in [0.25, 0.3) is 0 Å². The highest BCUT2D eigenvalue weighted by molar-refractivity contribution is 5.83. The van der Waals surface area contributed by atoms with Crippen molar-refractivity contribution in [3.63, 3.8) is 0 Å². The summed E-state index contributed by atoms with van der Waals surface area (Å²) in [6.07, 6.45) is 0. The number of carbonyl (C=O) groups excluding carboxylic acids is 1. The van der Waals surface area contributed by atoms with Gasteiger partial charge in [-0.25, -0.2) is 0 Å². The molecule has 19 heavy (non-hydrogen) atoms. The molecule has 4 nitrogen and oxygen atoms in total. The highest BCUT2D eigenvalue weighted by Crippen LogP contribution is 2.24. The molecule has 0 aromatic heterocycles. The molecule has 0 saturated carbocycles. The number of nitrogens with zero attached hydrogens (tertiary/aromatic N) is 1. The Morgan fingerprint density at radius 2 is 2.05 bits per heavy atom. The minimum absolute atomic E-state index is 0.0947. The van der Waals surface area contributed by atoms with Crippen LogP contribution < -0.4 is 10.1 Å². The molecule has 1 saturated heterocycles. The molecule has 1 aromatic rings. The number of rotatable bonds is 3. The third-order valence-electron chi connectivity index (χ3n) is 3.72. The van der Waals surface area contributed by atoms with Gasteiger partial charge in [-0.05, 0) is 31.0 Å². The van der Waals surface area contributed by atoms with Crippen molar-refractivity contribution in [3.8, 4) is 5.75 Å². The predicted molar refractivity (Wildman–Crippen MR) is 75.6 cm³/mol. The van der Waals surface area contributed by atoms with Crippen molar-refractivity contribution in [2.45, 2.75) is 19.8 Å². The maximum atomic E-state index is 12.4. The van der Waals surface area contributed by atoms with Gasteiger partial charge in [0.25, 0.3) is 0 Å². The SMILES string of the molecule is COc1ccc(C(C)C(=O)N2CCNCC2)cc1C. The number of hydrogen-bond donors (Lipinski definition) is 1. The van der Waals surface area contributed by atoms with Crippen LogP contribution in [-0.2, 0) is 4.79 Å². The first-order chi connectivity index (χ1) is 9.13. The number of nitrogens with one attached hydrogen (secondary N) is 1. The van der Waals surface area contributed by atoms with E-state index in [1.165, 1.54) is 0 Å². The highest BCUT2D eigenvalue weighted by Gasteiger charge is 2.23. The van der Waals surface area contributed by atoms with Gasteiger partial charge in [0.05, 0.1) is 13.0 Å². The number of piperazine rings is 1. The van der Waals surface area contributed by atoms with Crippen LogP contribution >= 0.6 is 0 Å². The van der Waals surface area contributed by atoms with Crippen molar-refractivity contribution in [2.75, 3.05) is 33.3 Å². The summed E-state index contributed by atoms with van der Waals surface area (Å²) in [5.74, 6) is 0.986. The summed E-state index contributed by atoms with van der Waals surface area (Å²) in [5.41, 5.74) is 2.13. The Balaban J connectivity index is 2.11. The molecule has 0 aliphatic carbocycles. The second kappa shape index (κ2) is 6.06. The van der Waals surface area contributed by atoms with E-state index in [1.807, 2.05) is 36.9 Å². The molecule has 1 aliphatic rings. The van der Waals surface area contributed by atoms with Crippen molar-refractivity contribution in [2.24, 2.45) is 0 Å². The summed E-state index contributed by atoms with van der Waals surface area (Å²) in [7, 11) is 1.66. The maximum absolute atomic E-state index is 12.4. The second-order valence-electron chi connectivity index (χ2n) is 5.03. The molecular weight excluding hydrogens is 240 g/mol. The molecule has 4 heteroatoms. The Morgan fingerprint density at radius 1 is 1.37 bits per heavy atom. The summed E-state index contributed by atoms with van der Waals surface area (Å²) in [6, 6.07) is 5.96. The number of methoxy groups -OCH3 is 1. The van der Waals surface area contributed by atoms with Crippen molar-refractivity contribution in [3.05, 3.63) is 29.3 Å². The van der Waals surface area contributed by atoms with E-state index in [1.54, 1.807) is 7.11 Å². The lowest BCUT2D eigenvalue weighted by Gasteiger charge is -2.30. The number of carbonyl (C=O) groups is 1. The van der Waals surface area contributed by atoms with Crippen molar-refractivity contribution in [1.29, 1.82) is 0 Å². The van der Waals surface area contributed by atoms with Gasteiger partial charge in [-0.15, -0.1) is 0 Å². The summed E-state index contributed by atoms with van der Waals surface area (Å²) in [5, 5.41) is 3.26. The van der Waals surface area contributed by atoms with Crippen LogP contribution in [0.4, 0.5) is 0 Å². The minimum atomic E-state index is -0.0947. The van der Waals surface area contributed by atoms with Crippen LogP contribution in [-0.4, -0.2) is 44.1 Å². The molecular formula is C15H22N2O2. The predicted octanol–water partition coefficient (Wildman–Crippen LogP) is 1.54. The monoisotopic (exact) mass is 262 g/mol. The van der Waals surface area contributed by atoms with Crippen molar-refractivity contribution < 1.29 is 9.53 Å². The smallest absolute Gasteiger partial charge is 0.229 e. The Labute approximate surface area is 114 Å². The molecule has 1 heterocycles. The molecule has 1 unspecified atom stereocenters. The lowest BCUT2D eigenvalue weighted by molar-refractivity contribution is -0.133. The van der Waals surface area contributed by atoms with E-state index < -0.39 is 0 Å². The molecule has 0 spiro atoms. The zero-order valence-electron chi connectivity index (χ0n) is 11.9. The van der Waals surface area contributed by atoms with Crippen LogP contribution in [0.2, 0.25) is 0 Å². The Kier molecular flexibility index (Phi) is 4.43. The Morgan fingerprint density at radius 3 is 2.63 bits per heavy atom. The van der Waals surface area contributed by atoms with Crippen LogP contribution in [0.1, 0.15) is 24.0 Å². The lowest BCUT2D eigenvalue weighted by atomic mass is 9.97. The largest absolute Gasteiger partial charge is 0.496 e. The normalized spacial score (nSPS) is 17.1. The number of hydrogen-bond acceptors (Lipinski definition) is 3. The van der Waals surface area contributed by atoms with E-state index in [2.05, 4.69) is 5.32 Å². The molecule has 1 aliphatic heterocycles. The van der Waals surface area contributed by atoms with Gasteiger partial charge in [0, 0.05) is 26.2 Å². The van der Waals surface area contributed by atoms with Gasteiger partial charge in [-0.2, -0.15) is 0 Å². The van der Waals surface area contributed by atoms with Crippen LogP contribution in [0, 0.1) is 6.92 Å². The van der Waals surface area contributed by atoms with Crippen LogP contribution in [0.3, 0.4) is 0 Å². The average Bonchev–Trinajstić information content (AvgIpc) is 2.46. The fraction of sp³-hybridized carbons (Fsp3) is 0.533. The van der Waals surface area contributed by atoms with Crippen LogP contribution in [0.5, 0.6) is 5.75 Å². The van der Waals surface area contributed by atoms with Gasteiger partial charge in [-0.3, -0.25) is 4.79 Å². The summed E-state index contributed by atoms with van der Waals surface area (Å²) in [6.45, 7) is 7.37. The molecule has 0 bridgehead atoms. The lowest BCUT2D eigenvalue weighted by Crippen LogP contribution is -2.47. The quantitative estimate of drug-likeness (QED) is 0.898. The van der Waals surface area contributed by atoms with Gasteiger partial charge in [-0.1, -0.05) is 12.1 Å². The van der Waals surface area contributed by atoms with Crippen molar-refractivity contribution >= 4 is 5.91 Å². The van der Waals surface area contributed by atoms with Gasteiger partial charge >= 0.3 is 0 Å². The van der Waals surface area contributed by atoms with Gasteiger partial charge in [0.1, 0.15) is 5.75 Å². The molecule has 1 fully saturated rings. The molecule has 1 aromatic carbocycles. The topological polar surface area (TPSA) is 41.6 Å². The number of benzene rings is 1. The first-order valence-electron chi connectivity index (χ1n) is 6.77. The first kappa shape index (κ1) is 13.9.